The van der Waals surface area contributed by atoms with Gasteiger partial charge in [-0.3, -0.25) is 4.68 Å². The summed E-state index contributed by atoms with van der Waals surface area (Å²) in [6.45, 7) is 13.5. The van der Waals surface area contributed by atoms with Crippen molar-refractivity contribution in [1.29, 1.82) is 0 Å². The maximum Gasteiger partial charge on any atom is 0.0631 e. The molecule has 0 aromatic carbocycles. The highest BCUT2D eigenvalue weighted by Gasteiger charge is 2.22. The molecule has 0 radical (unpaired) electrons. The third-order valence-corrected chi connectivity index (χ3v) is 2.83. The minimum Gasteiger partial charge on any atom is -0.330 e. The van der Waals surface area contributed by atoms with Gasteiger partial charge in [-0.2, -0.15) is 5.10 Å². The second kappa shape index (κ2) is 3.97. The highest BCUT2D eigenvalue weighted by atomic mass is 15.3. The third-order valence-electron chi connectivity index (χ3n) is 2.83. The third kappa shape index (κ3) is 2.23. The number of aryl methyl sites for hydroxylation is 1. The molecule has 3 heteroatoms. The predicted octanol–water partition coefficient (Wildman–Crippen LogP) is 2.32. The van der Waals surface area contributed by atoms with Crippen molar-refractivity contribution < 1.29 is 0 Å². The number of aromatic nitrogens is 2. The fourth-order valence-electron chi connectivity index (χ4n) is 2.14. The summed E-state index contributed by atoms with van der Waals surface area (Å²) in [5.41, 5.74) is 9.44. The average Bonchev–Trinajstić information content (AvgIpc) is 2.40. The monoisotopic (exact) mass is 209 g/mol. The lowest BCUT2D eigenvalue weighted by atomic mass is 9.99. The van der Waals surface area contributed by atoms with Crippen LogP contribution in [0.4, 0.5) is 0 Å². The first-order chi connectivity index (χ1) is 6.79. The van der Waals surface area contributed by atoms with Crippen LogP contribution in [0.2, 0.25) is 0 Å². The zero-order valence-electron chi connectivity index (χ0n) is 10.8. The van der Waals surface area contributed by atoms with Gasteiger partial charge in [-0.05, 0) is 47.1 Å². The molecular weight excluding hydrogens is 186 g/mol. The minimum atomic E-state index is 0.0431. The minimum absolute atomic E-state index is 0.0431. The Balaban J connectivity index is 3.27. The first-order valence-corrected chi connectivity index (χ1v) is 5.55. The first-order valence-electron chi connectivity index (χ1n) is 5.55. The quantitative estimate of drug-likeness (QED) is 0.812. The van der Waals surface area contributed by atoms with Crippen molar-refractivity contribution in [2.75, 3.05) is 6.54 Å². The van der Waals surface area contributed by atoms with Gasteiger partial charge in [0.05, 0.1) is 11.2 Å². The van der Waals surface area contributed by atoms with E-state index in [1.807, 2.05) is 0 Å². The number of rotatable bonds is 2. The second-order valence-corrected chi connectivity index (χ2v) is 5.30. The molecule has 3 nitrogen and oxygen atoms in total. The van der Waals surface area contributed by atoms with Crippen molar-refractivity contribution in [3.63, 3.8) is 0 Å². The summed E-state index contributed by atoms with van der Waals surface area (Å²) in [4.78, 5) is 0. The van der Waals surface area contributed by atoms with E-state index in [1.165, 1.54) is 11.3 Å². The van der Waals surface area contributed by atoms with Crippen molar-refractivity contribution in [1.82, 2.24) is 9.78 Å². The Bertz CT molecular complexity index is 344. The largest absolute Gasteiger partial charge is 0.330 e. The SMILES string of the molecule is Cc1nn(C(C)(C)C)c(C)c1C(C)CN. The van der Waals surface area contributed by atoms with Crippen LogP contribution >= 0.6 is 0 Å². The van der Waals surface area contributed by atoms with Crippen LogP contribution in [0.25, 0.3) is 0 Å². The molecule has 0 fully saturated rings. The highest BCUT2D eigenvalue weighted by Crippen LogP contribution is 2.26. The van der Waals surface area contributed by atoms with Crippen molar-refractivity contribution in [2.45, 2.75) is 53.0 Å². The molecule has 1 unspecified atom stereocenters. The van der Waals surface area contributed by atoms with Crippen LogP contribution in [0.15, 0.2) is 0 Å². The van der Waals surface area contributed by atoms with Gasteiger partial charge in [0.1, 0.15) is 0 Å². The number of nitrogens with two attached hydrogens (primary N) is 1. The van der Waals surface area contributed by atoms with E-state index in [9.17, 15) is 0 Å². The summed E-state index contributed by atoms with van der Waals surface area (Å²) in [7, 11) is 0. The van der Waals surface area contributed by atoms with Crippen molar-refractivity contribution in [2.24, 2.45) is 5.73 Å². The Morgan fingerprint density at radius 3 is 2.20 bits per heavy atom. The Labute approximate surface area is 92.7 Å². The Kier molecular flexibility index (Phi) is 3.24. The number of nitrogens with zero attached hydrogens (tertiary/aromatic N) is 2. The molecule has 0 amide bonds. The molecule has 0 aliphatic carbocycles. The number of hydrogen-bond donors (Lipinski definition) is 1. The molecular formula is C12H23N3. The lowest BCUT2D eigenvalue weighted by Crippen LogP contribution is -2.24. The van der Waals surface area contributed by atoms with Crippen LogP contribution in [-0.4, -0.2) is 16.3 Å². The van der Waals surface area contributed by atoms with Gasteiger partial charge in [0.2, 0.25) is 0 Å². The van der Waals surface area contributed by atoms with Gasteiger partial charge in [-0.15, -0.1) is 0 Å². The van der Waals surface area contributed by atoms with Crippen LogP contribution in [0.5, 0.6) is 0 Å². The molecule has 1 rings (SSSR count). The molecule has 15 heavy (non-hydrogen) atoms. The van der Waals surface area contributed by atoms with Crippen molar-refractivity contribution in [3.05, 3.63) is 17.0 Å². The van der Waals surface area contributed by atoms with E-state index >= 15 is 0 Å². The zero-order chi connectivity index (χ0) is 11.8. The van der Waals surface area contributed by atoms with E-state index in [2.05, 4.69) is 51.3 Å². The van der Waals surface area contributed by atoms with Crippen LogP contribution < -0.4 is 5.73 Å². The summed E-state index contributed by atoms with van der Waals surface area (Å²) < 4.78 is 2.10. The molecule has 0 saturated heterocycles. The summed E-state index contributed by atoms with van der Waals surface area (Å²) in [5.74, 6) is 0.390. The summed E-state index contributed by atoms with van der Waals surface area (Å²) in [6, 6.07) is 0. The molecule has 0 saturated carbocycles. The van der Waals surface area contributed by atoms with Gasteiger partial charge < -0.3 is 5.73 Å². The Morgan fingerprint density at radius 1 is 1.33 bits per heavy atom. The van der Waals surface area contributed by atoms with Gasteiger partial charge in [-0.25, -0.2) is 0 Å². The van der Waals surface area contributed by atoms with Crippen LogP contribution in [0.1, 0.15) is 50.6 Å². The van der Waals surface area contributed by atoms with Gasteiger partial charge in [0.25, 0.3) is 0 Å². The lowest BCUT2D eigenvalue weighted by molar-refractivity contribution is 0.346. The molecule has 1 heterocycles. The zero-order valence-corrected chi connectivity index (χ0v) is 10.8. The molecule has 0 bridgehead atoms. The average molecular weight is 209 g/mol. The summed E-state index contributed by atoms with van der Waals surface area (Å²) in [5, 5.41) is 4.61. The summed E-state index contributed by atoms with van der Waals surface area (Å²) in [6.07, 6.45) is 0. The van der Waals surface area contributed by atoms with Crippen molar-refractivity contribution >= 4 is 0 Å². The van der Waals surface area contributed by atoms with Crippen LogP contribution in [0.3, 0.4) is 0 Å². The molecule has 0 spiro atoms. The first kappa shape index (κ1) is 12.2. The van der Waals surface area contributed by atoms with Crippen molar-refractivity contribution in [3.8, 4) is 0 Å². The fraction of sp³-hybridized carbons (Fsp3) is 0.750. The van der Waals surface area contributed by atoms with E-state index in [0.29, 0.717) is 12.5 Å². The molecule has 0 aliphatic rings. The molecule has 1 aromatic heterocycles. The van der Waals surface area contributed by atoms with E-state index in [4.69, 9.17) is 5.73 Å². The lowest BCUT2D eigenvalue weighted by Gasteiger charge is -2.22. The van der Waals surface area contributed by atoms with Crippen LogP contribution in [-0.2, 0) is 5.54 Å². The van der Waals surface area contributed by atoms with E-state index in [0.717, 1.165) is 5.69 Å². The number of hydrogen-bond acceptors (Lipinski definition) is 2. The molecule has 0 aliphatic heterocycles. The smallest absolute Gasteiger partial charge is 0.0631 e. The standard InChI is InChI=1S/C12H23N3/c1-8(7-13)11-9(2)14-15(10(11)3)12(4,5)6/h8H,7,13H2,1-6H3. The maximum absolute atomic E-state index is 5.72. The van der Waals surface area contributed by atoms with E-state index < -0.39 is 0 Å². The van der Waals surface area contributed by atoms with E-state index in [1.54, 1.807) is 0 Å². The topological polar surface area (TPSA) is 43.8 Å². The molecule has 1 aromatic rings. The fourth-order valence-corrected chi connectivity index (χ4v) is 2.14. The van der Waals surface area contributed by atoms with Gasteiger partial charge in [0.15, 0.2) is 0 Å². The summed E-state index contributed by atoms with van der Waals surface area (Å²) >= 11 is 0. The molecule has 86 valence electrons. The normalized spacial score (nSPS) is 14.3. The Hall–Kier alpha value is -0.830. The van der Waals surface area contributed by atoms with Crippen LogP contribution in [0, 0.1) is 13.8 Å². The molecule has 2 N–H and O–H groups in total. The van der Waals surface area contributed by atoms with Gasteiger partial charge in [-0.1, -0.05) is 6.92 Å². The molecule has 1 atom stereocenters. The highest BCUT2D eigenvalue weighted by molar-refractivity contribution is 5.29. The Morgan fingerprint density at radius 2 is 1.87 bits per heavy atom. The van der Waals surface area contributed by atoms with E-state index in [-0.39, 0.29) is 5.54 Å². The van der Waals surface area contributed by atoms with Gasteiger partial charge in [0, 0.05) is 11.3 Å². The maximum atomic E-state index is 5.72. The second-order valence-electron chi connectivity index (χ2n) is 5.30. The van der Waals surface area contributed by atoms with Gasteiger partial charge >= 0.3 is 0 Å². The predicted molar refractivity (Wildman–Crippen MR) is 64.2 cm³/mol.